The fraction of sp³-hybridized carbons (Fsp3) is 0.115. The molecular formula is C26H15F8N4O+. The topological polar surface area (TPSA) is 54.7 Å². The Labute approximate surface area is 214 Å². The van der Waals surface area contributed by atoms with Crippen molar-refractivity contribution in [2.75, 3.05) is 0 Å². The molecule has 0 aliphatic carbocycles. The first-order valence-electron chi connectivity index (χ1n) is 11.1. The van der Waals surface area contributed by atoms with Crippen molar-refractivity contribution >= 4 is 11.0 Å². The van der Waals surface area contributed by atoms with Gasteiger partial charge in [-0.1, -0.05) is 10.7 Å². The van der Waals surface area contributed by atoms with Crippen molar-refractivity contribution in [1.29, 1.82) is 0 Å². The Hall–Kier alpha value is -4.55. The molecule has 3 aromatic carbocycles. The standard InChI is InChI=1S/C26H14F8N4O/c27-19-3-1-2-17(23(19)28)24-36-20-11-35-38(13-21(20)37-24)12-14-4-7-16(8-5-14)39-22-9-6-15(25(29,30)31)10-18(22)26(32,33)34/h1-11,13H,12H2/p+1. The van der Waals surface area contributed by atoms with Gasteiger partial charge in [-0.25, -0.2) is 13.8 Å². The molecule has 0 amide bonds. The first-order chi connectivity index (χ1) is 18.4. The van der Waals surface area contributed by atoms with Gasteiger partial charge in [0.05, 0.1) is 16.7 Å². The van der Waals surface area contributed by atoms with Crippen LogP contribution in [0.4, 0.5) is 35.1 Å². The maximum absolute atomic E-state index is 14.1. The Kier molecular flexibility index (Phi) is 6.44. The number of aromatic amines is 1. The molecule has 0 unspecified atom stereocenters. The van der Waals surface area contributed by atoms with Crippen LogP contribution in [0.3, 0.4) is 0 Å². The van der Waals surface area contributed by atoms with Crippen molar-refractivity contribution in [2.45, 2.75) is 18.9 Å². The van der Waals surface area contributed by atoms with Crippen molar-refractivity contribution in [2.24, 2.45) is 0 Å². The lowest BCUT2D eigenvalue weighted by molar-refractivity contribution is -0.745. The Morgan fingerprint density at radius 3 is 2.31 bits per heavy atom. The highest BCUT2D eigenvalue weighted by molar-refractivity contribution is 5.77. The molecule has 5 nitrogen and oxygen atoms in total. The van der Waals surface area contributed by atoms with Crippen LogP contribution in [0, 0.1) is 11.6 Å². The molecule has 2 heterocycles. The number of imidazole rings is 1. The van der Waals surface area contributed by atoms with Crippen LogP contribution in [-0.4, -0.2) is 15.1 Å². The highest BCUT2D eigenvalue weighted by Crippen LogP contribution is 2.41. The summed E-state index contributed by atoms with van der Waals surface area (Å²) in [5.74, 6) is -2.73. The van der Waals surface area contributed by atoms with E-state index in [1.165, 1.54) is 35.1 Å². The molecule has 0 aliphatic heterocycles. The molecule has 39 heavy (non-hydrogen) atoms. The quantitative estimate of drug-likeness (QED) is 0.188. The molecule has 0 aliphatic rings. The largest absolute Gasteiger partial charge is 0.457 e. The lowest BCUT2D eigenvalue weighted by Crippen LogP contribution is -2.37. The molecule has 5 aromatic rings. The number of hydrogen-bond acceptors (Lipinski definition) is 3. The summed E-state index contributed by atoms with van der Waals surface area (Å²) in [4.78, 5) is 7.14. The number of halogens is 8. The minimum absolute atomic E-state index is 0.00565. The van der Waals surface area contributed by atoms with E-state index in [0.717, 1.165) is 6.07 Å². The number of aromatic nitrogens is 4. The number of benzene rings is 3. The van der Waals surface area contributed by atoms with Crippen LogP contribution in [0.15, 0.2) is 73.1 Å². The van der Waals surface area contributed by atoms with Crippen molar-refractivity contribution in [3.63, 3.8) is 0 Å². The van der Waals surface area contributed by atoms with Gasteiger partial charge < -0.3 is 9.72 Å². The number of rotatable bonds is 5. The van der Waals surface area contributed by atoms with E-state index in [9.17, 15) is 35.1 Å². The molecule has 0 saturated carbocycles. The van der Waals surface area contributed by atoms with E-state index in [2.05, 4.69) is 15.1 Å². The number of fused-ring (bicyclic) bond motifs is 1. The summed E-state index contributed by atoms with van der Waals surface area (Å²) in [6.07, 6.45) is -6.99. The number of H-pyrrole nitrogens is 1. The van der Waals surface area contributed by atoms with Gasteiger partial charge in [0.1, 0.15) is 34.6 Å². The third-order valence-corrected chi connectivity index (χ3v) is 5.68. The molecule has 5 rings (SSSR count). The summed E-state index contributed by atoms with van der Waals surface area (Å²) < 4.78 is 113. The first kappa shape index (κ1) is 26.1. The van der Waals surface area contributed by atoms with Gasteiger partial charge in [0, 0.05) is 5.56 Å². The molecule has 2 aromatic heterocycles. The number of nitrogens with one attached hydrogen (secondary N) is 1. The average Bonchev–Trinajstić information content (AvgIpc) is 3.29. The van der Waals surface area contributed by atoms with Crippen LogP contribution in [-0.2, 0) is 18.9 Å². The van der Waals surface area contributed by atoms with Gasteiger partial charge in [-0.15, -0.1) is 0 Å². The lowest BCUT2D eigenvalue weighted by atomic mass is 10.1. The summed E-state index contributed by atoms with van der Waals surface area (Å²) in [6, 6.07) is 10.7. The van der Waals surface area contributed by atoms with Gasteiger partial charge in [0.25, 0.3) is 0 Å². The van der Waals surface area contributed by atoms with Gasteiger partial charge in [0.15, 0.2) is 18.2 Å². The summed E-state index contributed by atoms with van der Waals surface area (Å²) in [7, 11) is 0. The third-order valence-electron chi connectivity index (χ3n) is 5.68. The van der Waals surface area contributed by atoms with Gasteiger partial charge in [0.2, 0.25) is 6.20 Å². The molecule has 0 saturated heterocycles. The fourth-order valence-corrected chi connectivity index (χ4v) is 3.80. The smallest absolute Gasteiger partial charge is 0.420 e. The second kappa shape index (κ2) is 9.64. The second-order valence-electron chi connectivity index (χ2n) is 8.41. The summed E-state index contributed by atoms with van der Waals surface area (Å²) in [5, 5.41) is 4.22. The van der Waals surface area contributed by atoms with E-state index in [4.69, 9.17) is 4.74 Å². The van der Waals surface area contributed by atoms with Gasteiger partial charge in [-0.3, -0.25) is 0 Å². The average molecular weight is 551 g/mol. The van der Waals surface area contributed by atoms with E-state index >= 15 is 0 Å². The molecule has 0 fully saturated rings. The summed E-state index contributed by atoms with van der Waals surface area (Å²) in [6.45, 7) is 0.215. The van der Waals surface area contributed by atoms with Crippen LogP contribution in [0.1, 0.15) is 16.7 Å². The molecule has 0 bridgehead atoms. The number of nitrogens with zero attached hydrogens (tertiary/aromatic N) is 3. The molecule has 13 heteroatoms. The number of alkyl halides is 6. The Bertz CT molecular complexity index is 1660. The zero-order chi connectivity index (χ0) is 27.9. The maximum Gasteiger partial charge on any atom is 0.420 e. The van der Waals surface area contributed by atoms with Crippen LogP contribution in [0.25, 0.3) is 22.4 Å². The Morgan fingerprint density at radius 1 is 0.872 bits per heavy atom. The normalized spacial score (nSPS) is 12.2. The zero-order valence-corrected chi connectivity index (χ0v) is 19.4. The number of ether oxygens (including phenoxy) is 1. The highest BCUT2D eigenvalue weighted by atomic mass is 19.4. The van der Waals surface area contributed by atoms with E-state index in [1.807, 2.05) is 0 Å². The SMILES string of the molecule is Fc1cccc(-c2nc3cn[n+](Cc4ccc(Oc5ccc(C(F)(F)F)cc5C(F)(F)F)cc4)cc3[nH]2)c1F. The predicted molar refractivity (Wildman–Crippen MR) is 121 cm³/mol. The predicted octanol–water partition coefficient (Wildman–Crippen LogP) is 7.07. The van der Waals surface area contributed by atoms with E-state index in [0.29, 0.717) is 28.7 Å². The van der Waals surface area contributed by atoms with Gasteiger partial charge in [-0.05, 0) is 59.7 Å². The maximum atomic E-state index is 14.1. The van der Waals surface area contributed by atoms with Gasteiger partial charge in [-0.2, -0.15) is 26.3 Å². The lowest BCUT2D eigenvalue weighted by Gasteiger charge is -2.16. The Morgan fingerprint density at radius 2 is 1.62 bits per heavy atom. The van der Waals surface area contributed by atoms with Gasteiger partial charge >= 0.3 is 12.4 Å². The highest BCUT2D eigenvalue weighted by Gasteiger charge is 2.39. The van der Waals surface area contributed by atoms with Crippen molar-refractivity contribution < 1.29 is 44.5 Å². The third kappa shape index (κ3) is 5.52. The molecule has 0 atom stereocenters. The molecule has 0 radical (unpaired) electrons. The monoisotopic (exact) mass is 551 g/mol. The summed E-state index contributed by atoms with van der Waals surface area (Å²) >= 11 is 0. The van der Waals surface area contributed by atoms with Crippen LogP contribution in [0.5, 0.6) is 11.5 Å². The van der Waals surface area contributed by atoms with Crippen LogP contribution < -0.4 is 9.42 Å². The molecular weight excluding hydrogens is 536 g/mol. The van der Waals surface area contributed by atoms with E-state index < -0.39 is 40.9 Å². The van der Waals surface area contributed by atoms with Crippen molar-refractivity contribution in [3.8, 4) is 22.9 Å². The second-order valence-corrected chi connectivity index (χ2v) is 8.41. The Balaban J connectivity index is 1.34. The first-order valence-corrected chi connectivity index (χ1v) is 11.1. The number of hydrogen-bond donors (Lipinski definition) is 1. The van der Waals surface area contributed by atoms with Crippen molar-refractivity contribution in [3.05, 3.63) is 101 Å². The minimum atomic E-state index is -5.07. The minimum Gasteiger partial charge on any atom is -0.457 e. The van der Waals surface area contributed by atoms with Crippen molar-refractivity contribution in [1.82, 2.24) is 15.1 Å². The molecule has 200 valence electrons. The zero-order valence-electron chi connectivity index (χ0n) is 19.4. The molecule has 0 spiro atoms. The molecule has 1 N–H and O–H groups in total. The summed E-state index contributed by atoms with van der Waals surface area (Å²) in [5.41, 5.74) is -1.47. The van der Waals surface area contributed by atoms with Crippen LogP contribution in [0.2, 0.25) is 0 Å². The fourth-order valence-electron chi connectivity index (χ4n) is 3.80. The van der Waals surface area contributed by atoms with E-state index in [1.54, 1.807) is 18.3 Å². The van der Waals surface area contributed by atoms with E-state index in [-0.39, 0.29) is 29.7 Å². The van der Waals surface area contributed by atoms with Crippen LogP contribution >= 0.6 is 0 Å².